The number of hydrogen-bond acceptors (Lipinski definition) is 3. The summed E-state index contributed by atoms with van der Waals surface area (Å²) in [6, 6.07) is 5.72. The molecule has 1 saturated heterocycles. The number of nitrogens with one attached hydrogen (secondary N) is 1. The summed E-state index contributed by atoms with van der Waals surface area (Å²) in [5.41, 5.74) is 2.78. The summed E-state index contributed by atoms with van der Waals surface area (Å²) in [4.78, 5) is 12.3. The van der Waals surface area contributed by atoms with Crippen LogP contribution in [0.3, 0.4) is 0 Å². The predicted molar refractivity (Wildman–Crippen MR) is 82.8 cm³/mol. The second-order valence-electron chi connectivity index (χ2n) is 5.66. The normalized spacial score (nSPS) is 17.7. The second-order valence-corrected chi connectivity index (χ2v) is 7.64. The van der Waals surface area contributed by atoms with Gasteiger partial charge in [-0.25, -0.2) is 12.7 Å². The lowest BCUT2D eigenvalue weighted by molar-refractivity contribution is 0.0923. The molecule has 2 rings (SSSR count). The Morgan fingerprint density at radius 1 is 1.24 bits per heavy atom. The van der Waals surface area contributed by atoms with Crippen LogP contribution in [0.1, 0.15) is 34.3 Å². The molecule has 0 atom stereocenters. The van der Waals surface area contributed by atoms with E-state index in [0.717, 1.165) is 11.1 Å². The number of hydrogen-bond donors (Lipinski definition) is 1. The van der Waals surface area contributed by atoms with E-state index in [2.05, 4.69) is 5.32 Å². The smallest absolute Gasteiger partial charge is 0.251 e. The maximum Gasteiger partial charge on any atom is 0.251 e. The molecule has 0 spiro atoms. The Labute approximate surface area is 126 Å². The van der Waals surface area contributed by atoms with Crippen LogP contribution in [0.2, 0.25) is 0 Å². The van der Waals surface area contributed by atoms with Crippen LogP contribution in [0.4, 0.5) is 0 Å². The van der Waals surface area contributed by atoms with Crippen LogP contribution >= 0.6 is 0 Å². The lowest BCUT2D eigenvalue weighted by Gasteiger charge is -2.30. The molecule has 6 heteroatoms. The number of benzene rings is 1. The Bertz CT molecular complexity index is 632. The number of rotatable bonds is 3. The van der Waals surface area contributed by atoms with Crippen molar-refractivity contribution in [1.29, 1.82) is 0 Å². The molecule has 1 heterocycles. The third-order valence-electron chi connectivity index (χ3n) is 4.11. The molecule has 0 unspecified atom stereocenters. The molecule has 1 aromatic rings. The first-order chi connectivity index (χ1) is 9.79. The van der Waals surface area contributed by atoms with Crippen molar-refractivity contribution in [2.75, 3.05) is 19.3 Å². The maximum absolute atomic E-state index is 12.3. The number of piperidine rings is 1. The van der Waals surface area contributed by atoms with E-state index < -0.39 is 10.0 Å². The van der Waals surface area contributed by atoms with E-state index in [9.17, 15) is 13.2 Å². The van der Waals surface area contributed by atoms with Crippen molar-refractivity contribution in [2.45, 2.75) is 32.7 Å². The first-order valence-electron chi connectivity index (χ1n) is 7.11. The standard InChI is InChI=1S/C15H22N2O3S/c1-11-5-4-6-14(12(11)2)15(18)16-13-7-9-17(10-8-13)21(3,19)20/h4-6,13H,7-10H2,1-3H3,(H,16,18). The fraction of sp³-hybridized carbons (Fsp3) is 0.533. The molecule has 1 N–H and O–H groups in total. The highest BCUT2D eigenvalue weighted by molar-refractivity contribution is 7.88. The first-order valence-corrected chi connectivity index (χ1v) is 8.96. The van der Waals surface area contributed by atoms with Gasteiger partial charge in [-0.3, -0.25) is 4.79 Å². The monoisotopic (exact) mass is 310 g/mol. The second kappa shape index (κ2) is 6.15. The lowest BCUT2D eigenvalue weighted by Crippen LogP contribution is -2.46. The molecule has 21 heavy (non-hydrogen) atoms. The molecule has 0 radical (unpaired) electrons. The Hall–Kier alpha value is -1.40. The summed E-state index contributed by atoms with van der Waals surface area (Å²) < 4.78 is 24.4. The van der Waals surface area contributed by atoms with Gasteiger partial charge in [-0.1, -0.05) is 12.1 Å². The Kier molecular flexibility index (Phi) is 4.68. The van der Waals surface area contributed by atoms with Gasteiger partial charge in [-0.2, -0.15) is 0 Å². The number of amides is 1. The molecule has 1 aromatic carbocycles. The largest absolute Gasteiger partial charge is 0.349 e. The third kappa shape index (κ3) is 3.83. The van der Waals surface area contributed by atoms with Crippen molar-refractivity contribution in [1.82, 2.24) is 9.62 Å². The highest BCUT2D eigenvalue weighted by atomic mass is 32.2. The van der Waals surface area contributed by atoms with Crippen LogP contribution in [0, 0.1) is 13.8 Å². The number of carbonyl (C=O) groups is 1. The molecule has 0 aliphatic carbocycles. The van der Waals surface area contributed by atoms with E-state index in [0.29, 0.717) is 31.5 Å². The van der Waals surface area contributed by atoms with Crippen molar-refractivity contribution < 1.29 is 13.2 Å². The summed E-state index contributed by atoms with van der Waals surface area (Å²) in [5.74, 6) is -0.0750. The zero-order valence-electron chi connectivity index (χ0n) is 12.7. The minimum Gasteiger partial charge on any atom is -0.349 e. The van der Waals surface area contributed by atoms with Gasteiger partial charge in [0.15, 0.2) is 0 Å². The molecule has 1 fully saturated rings. The van der Waals surface area contributed by atoms with Crippen molar-refractivity contribution in [3.05, 3.63) is 34.9 Å². The number of sulfonamides is 1. The van der Waals surface area contributed by atoms with Gasteiger partial charge in [-0.15, -0.1) is 0 Å². The summed E-state index contributed by atoms with van der Waals surface area (Å²) in [7, 11) is -3.12. The topological polar surface area (TPSA) is 66.5 Å². The van der Waals surface area contributed by atoms with Crippen molar-refractivity contribution in [3.8, 4) is 0 Å². The summed E-state index contributed by atoms with van der Waals surface area (Å²) in [6.45, 7) is 4.86. The highest BCUT2D eigenvalue weighted by Gasteiger charge is 2.26. The zero-order chi connectivity index (χ0) is 15.6. The van der Waals surface area contributed by atoms with E-state index in [1.54, 1.807) is 0 Å². The fourth-order valence-corrected chi connectivity index (χ4v) is 3.47. The van der Waals surface area contributed by atoms with E-state index in [-0.39, 0.29) is 11.9 Å². The number of nitrogens with zero attached hydrogens (tertiary/aromatic N) is 1. The lowest BCUT2D eigenvalue weighted by atomic mass is 10.0. The van der Waals surface area contributed by atoms with Crippen LogP contribution in [0.5, 0.6) is 0 Å². The van der Waals surface area contributed by atoms with Gasteiger partial charge < -0.3 is 5.32 Å². The van der Waals surface area contributed by atoms with Gasteiger partial charge in [-0.05, 0) is 43.9 Å². The van der Waals surface area contributed by atoms with Crippen LogP contribution in [0.15, 0.2) is 18.2 Å². The van der Waals surface area contributed by atoms with E-state index in [1.807, 2.05) is 32.0 Å². The van der Waals surface area contributed by atoms with E-state index >= 15 is 0 Å². The van der Waals surface area contributed by atoms with Crippen LogP contribution < -0.4 is 5.32 Å². The third-order valence-corrected chi connectivity index (χ3v) is 5.41. The van der Waals surface area contributed by atoms with Crippen molar-refractivity contribution in [3.63, 3.8) is 0 Å². The molecule has 0 aromatic heterocycles. The number of aryl methyl sites for hydroxylation is 1. The van der Waals surface area contributed by atoms with Crippen LogP contribution in [0.25, 0.3) is 0 Å². The van der Waals surface area contributed by atoms with Gasteiger partial charge in [0.2, 0.25) is 10.0 Å². The molecule has 1 aliphatic heterocycles. The van der Waals surface area contributed by atoms with E-state index in [4.69, 9.17) is 0 Å². The predicted octanol–water partition coefficient (Wildman–Crippen LogP) is 1.46. The van der Waals surface area contributed by atoms with Gasteiger partial charge in [0.25, 0.3) is 5.91 Å². The molecular formula is C15H22N2O3S. The molecular weight excluding hydrogens is 288 g/mol. The highest BCUT2D eigenvalue weighted by Crippen LogP contribution is 2.16. The first kappa shape index (κ1) is 16.0. The summed E-state index contributed by atoms with van der Waals surface area (Å²) in [5, 5.41) is 3.01. The van der Waals surface area contributed by atoms with Gasteiger partial charge >= 0.3 is 0 Å². The molecule has 116 valence electrons. The molecule has 1 aliphatic rings. The van der Waals surface area contributed by atoms with Crippen molar-refractivity contribution >= 4 is 15.9 Å². The van der Waals surface area contributed by atoms with Crippen LogP contribution in [-0.4, -0.2) is 44.0 Å². The van der Waals surface area contributed by atoms with E-state index in [1.165, 1.54) is 10.6 Å². The Morgan fingerprint density at radius 3 is 2.43 bits per heavy atom. The minimum absolute atomic E-state index is 0.0374. The molecule has 1 amide bonds. The quantitative estimate of drug-likeness (QED) is 0.919. The number of carbonyl (C=O) groups excluding carboxylic acids is 1. The van der Waals surface area contributed by atoms with Gasteiger partial charge in [0.1, 0.15) is 0 Å². The SMILES string of the molecule is Cc1cccc(C(=O)NC2CCN(S(C)(=O)=O)CC2)c1C. The average Bonchev–Trinajstić information content (AvgIpc) is 2.41. The maximum atomic E-state index is 12.3. The Morgan fingerprint density at radius 2 is 1.86 bits per heavy atom. The summed E-state index contributed by atoms with van der Waals surface area (Å²) in [6.07, 6.45) is 2.54. The Balaban J connectivity index is 1.98. The zero-order valence-corrected chi connectivity index (χ0v) is 13.5. The molecule has 5 nitrogen and oxygen atoms in total. The fourth-order valence-electron chi connectivity index (χ4n) is 2.59. The minimum atomic E-state index is -3.12. The summed E-state index contributed by atoms with van der Waals surface area (Å²) >= 11 is 0. The van der Waals surface area contributed by atoms with Gasteiger partial charge in [0, 0.05) is 24.7 Å². The van der Waals surface area contributed by atoms with Crippen LogP contribution in [-0.2, 0) is 10.0 Å². The molecule has 0 saturated carbocycles. The molecule has 0 bridgehead atoms. The average molecular weight is 310 g/mol. The van der Waals surface area contributed by atoms with Crippen molar-refractivity contribution in [2.24, 2.45) is 0 Å². The van der Waals surface area contributed by atoms with Gasteiger partial charge in [0.05, 0.1) is 6.26 Å².